The van der Waals surface area contributed by atoms with Crippen LogP contribution in [0, 0.1) is 11.6 Å². The summed E-state index contributed by atoms with van der Waals surface area (Å²) >= 11 is 0. The lowest BCUT2D eigenvalue weighted by Gasteiger charge is -2.16. The average Bonchev–Trinajstić information content (AvgIpc) is 3.30. The third kappa shape index (κ3) is 4.57. The highest BCUT2D eigenvalue weighted by Crippen LogP contribution is 2.43. The summed E-state index contributed by atoms with van der Waals surface area (Å²) in [5, 5.41) is 6.79. The van der Waals surface area contributed by atoms with Gasteiger partial charge in [-0.25, -0.2) is 8.78 Å². The number of hydrogen-bond donors (Lipinski definition) is 1. The van der Waals surface area contributed by atoms with Gasteiger partial charge in [0.15, 0.2) is 17.4 Å². The molecule has 1 aliphatic rings. The van der Waals surface area contributed by atoms with Crippen LogP contribution in [0.15, 0.2) is 36.5 Å². The monoisotopic (exact) mass is 470 g/mol. The molecule has 0 unspecified atom stereocenters. The molecule has 34 heavy (non-hydrogen) atoms. The van der Waals surface area contributed by atoms with E-state index in [4.69, 9.17) is 9.47 Å². The number of carbonyl (C=O) groups excluding carboxylic acids is 2. The maximum absolute atomic E-state index is 14.8. The first-order valence-electron chi connectivity index (χ1n) is 10.5. The van der Waals surface area contributed by atoms with Crippen molar-refractivity contribution in [2.45, 2.75) is 25.9 Å². The van der Waals surface area contributed by atoms with Crippen LogP contribution >= 0.6 is 0 Å². The predicted octanol–water partition coefficient (Wildman–Crippen LogP) is 4.16. The van der Waals surface area contributed by atoms with Crippen LogP contribution in [-0.4, -0.2) is 46.2 Å². The highest BCUT2D eigenvalue weighted by atomic mass is 19.1. The average molecular weight is 470 g/mol. The molecular formula is C24H24F2N4O4. The van der Waals surface area contributed by atoms with Crippen LogP contribution in [0.4, 0.5) is 14.6 Å². The summed E-state index contributed by atoms with van der Waals surface area (Å²) < 4.78 is 42.6. The van der Waals surface area contributed by atoms with Crippen molar-refractivity contribution in [2.75, 3.05) is 19.4 Å². The van der Waals surface area contributed by atoms with E-state index >= 15 is 0 Å². The molecular weight excluding hydrogens is 446 g/mol. The zero-order valence-electron chi connectivity index (χ0n) is 19.4. The Balaban J connectivity index is 1.71. The SMILES string of the molecule is CN(C)C(=O)c1cc(F)c(Oc2cc(C(=O)Nc3ccn(C)n3)cc3c2CC(C)(C)O3)cc1F. The van der Waals surface area contributed by atoms with Gasteiger partial charge >= 0.3 is 0 Å². The van der Waals surface area contributed by atoms with Crippen molar-refractivity contribution in [3.05, 3.63) is 64.9 Å². The minimum Gasteiger partial charge on any atom is -0.487 e. The molecule has 0 atom stereocenters. The van der Waals surface area contributed by atoms with E-state index in [1.807, 2.05) is 13.8 Å². The molecule has 0 spiro atoms. The molecule has 2 heterocycles. The predicted molar refractivity (Wildman–Crippen MR) is 120 cm³/mol. The maximum atomic E-state index is 14.8. The number of hydrogen-bond acceptors (Lipinski definition) is 5. The van der Waals surface area contributed by atoms with Gasteiger partial charge in [0, 0.05) is 57.0 Å². The smallest absolute Gasteiger partial charge is 0.257 e. The standard InChI is InChI=1S/C24H24F2N4O4/c1-24(2)12-15-18(33-20-11-16(25)14(10-17(20)26)23(32)29(3)4)8-13(9-19(15)34-24)22(31)27-21-6-7-30(5)28-21/h6-11H,12H2,1-5H3,(H,27,28,31). The van der Waals surface area contributed by atoms with Crippen LogP contribution in [0.2, 0.25) is 0 Å². The Morgan fingerprint density at radius 2 is 1.88 bits per heavy atom. The normalized spacial score (nSPS) is 13.7. The maximum Gasteiger partial charge on any atom is 0.257 e. The van der Waals surface area contributed by atoms with Crippen molar-refractivity contribution < 1.29 is 27.8 Å². The number of amides is 2. The fourth-order valence-corrected chi connectivity index (χ4v) is 3.67. The third-order valence-corrected chi connectivity index (χ3v) is 5.25. The van der Waals surface area contributed by atoms with Gasteiger partial charge in [-0.1, -0.05) is 0 Å². The molecule has 0 bridgehead atoms. The second kappa shape index (κ2) is 8.44. The highest BCUT2D eigenvalue weighted by Gasteiger charge is 2.34. The van der Waals surface area contributed by atoms with Crippen LogP contribution in [-0.2, 0) is 13.5 Å². The first-order chi connectivity index (χ1) is 15.9. The van der Waals surface area contributed by atoms with Crippen molar-refractivity contribution in [1.82, 2.24) is 14.7 Å². The van der Waals surface area contributed by atoms with Gasteiger partial charge in [0.2, 0.25) is 0 Å². The summed E-state index contributed by atoms with van der Waals surface area (Å²) in [6.07, 6.45) is 2.11. The molecule has 1 aliphatic heterocycles. The van der Waals surface area contributed by atoms with Crippen molar-refractivity contribution in [2.24, 2.45) is 7.05 Å². The summed E-state index contributed by atoms with van der Waals surface area (Å²) in [7, 11) is 4.60. The molecule has 1 N–H and O–H groups in total. The van der Waals surface area contributed by atoms with E-state index in [2.05, 4.69) is 10.4 Å². The first-order valence-corrected chi connectivity index (χ1v) is 10.5. The molecule has 0 radical (unpaired) electrons. The number of benzene rings is 2. The summed E-state index contributed by atoms with van der Waals surface area (Å²) in [6.45, 7) is 3.73. The first kappa shape index (κ1) is 23.2. The lowest BCUT2D eigenvalue weighted by molar-refractivity contribution is 0.0822. The topological polar surface area (TPSA) is 85.7 Å². The van der Waals surface area contributed by atoms with Gasteiger partial charge in [0.25, 0.3) is 11.8 Å². The molecule has 0 saturated heterocycles. The van der Waals surface area contributed by atoms with Crippen molar-refractivity contribution in [3.8, 4) is 17.2 Å². The molecule has 3 aromatic rings. The van der Waals surface area contributed by atoms with E-state index in [0.717, 1.165) is 17.0 Å². The van der Waals surface area contributed by atoms with E-state index in [1.165, 1.54) is 20.2 Å². The molecule has 0 aliphatic carbocycles. The van der Waals surface area contributed by atoms with Gasteiger partial charge in [0.1, 0.15) is 22.9 Å². The number of aryl methyl sites for hydroxylation is 1. The number of carbonyl (C=O) groups is 2. The molecule has 8 nitrogen and oxygen atoms in total. The Bertz CT molecular complexity index is 1300. The third-order valence-electron chi connectivity index (χ3n) is 5.25. The number of rotatable bonds is 5. The molecule has 1 aromatic heterocycles. The Kier molecular flexibility index (Phi) is 5.76. The molecule has 2 aromatic carbocycles. The van der Waals surface area contributed by atoms with Crippen LogP contribution in [0.1, 0.15) is 40.1 Å². The summed E-state index contributed by atoms with van der Waals surface area (Å²) in [5.41, 5.74) is -0.180. The summed E-state index contributed by atoms with van der Waals surface area (Å²) in [6, 6.07) is 6.27. The quantitative estimate of drug-likeness (QED) is 0.605. The van der Waals surface area contributed by atoms with Gasteiger partial charge in [0.05, 0.1) is 5.56 Å². The summed E-state index contributed by atoms with van der Waals surface area (Å²) in [5.74, 6) is -2.49. The Labute approximate surface area is 195 Å². The minimum absolute atomic E-state index is 0.152. The van der Waals surface area contributed by atoms with Crippen molar-refractivity contribution >= 4 is 17.6 Å². The van der Waals surface area contributed by atoms with Crippen molar-refractivity contribution in [3.63, 3.8) is 0 Å². The number of nitrogens with one attached hydrogen (secondary N) is 1. The van der Waals surface area contributed by atoms with Gasteiger partial charge in [-0.3, -0.25) is 14.3 Å². The largest absolute Gasteiger partial charge is 0.487 e. The summed E-state index contributed by atoms with van der Waals surface area (Å²) in [4.78, 5) is 26.1. The van der Waals surface area contributed by atoms with Crippen LogP contribution < -0.4 is 14.8 Å². The molecule has 4 rings (SSSR count). The van der Waals surface area contributed by atoms with Crippen LogP contribution in [0.3, 0.4) is 0 Å². The van der Waals surface area contributed by atoms with Crippen LogP contribution in [0.5, 0.6) is 17.2 Å². The number of anilines is 1. The van der Waals surface area contributed by atoms with Crippen LogP contribution in [0.25, 0.3) is 0 Å². The number of ether oxygens (including phenoxy) is 2. The number of nitrogens with zero attached hydrogens (tertiary/aromatic N) is 3. The highest BCUT2D eigenvalue weighted by molar-refractivity contribution is 6.04. The Hall–Kier alpha value is -3.95. The molecule has 0 fully saturated rings. The fraction of sp³-hybridized carbons (Fsp3) is 0.292. The van der Waals surface area contributed by atoms with Gasteiger partial charge in [-0.05, 0) is 32.0 Å². The van der Waals surface area contributed by atoms with E-state index in [-0.39, 0.29) is 11.3 Å². The molecule has 0 saturated carbocycles. The zero-order chi connectivity index (χ0) is 24.8. The van der Waals surface area contributed by atoms with Gasteiger partial charge in [-0.2, -0.15) is 5.10 Å². The Morgan fingerprint density at radius 3 is 2.53 bits per heavy atom. The van der Waals surface area contributed by atoms with Gasteiger partial charge in [-0.15, -0.1) is 0 Å². The number of aromatic nitrogens is 2. The number of fused-ring (bicyclic) bond motifs is 1. The van der Waals surface area contributed by atoms with E-state index < -0.39 is 40.4 Å². The second-order valence-corrected chi connectivity index (χ2v) is 8.88. The molecule has 178 valence electrons. The van der Waals surface area contributed by atoms with E-state index in [0.29, 0.717) is 23.6 Å². The Morgan fingerprint density at radius 1 is 1.15 bits per heavy atom. The van der Waals surface area contributed by atoms with Crippen molar-refractivity contribution in [1.29, 1.82) is 0 Å². The van der Waals surface area contributed by atoms with E-state index in [1.54, 1.807) is 30.1 Å². The lowest BCUT2D eigenvalue weighted by atomic mass is 9.99. The second-order valence-electron chi connectivity index (χ2n) is 8.88. The van der Waals surface area contributed by atoms with E-state index in [9.17, 15) is 18.4 Å². The number of halogens is 2. The fourth-order valence-electron chi connectivity index (χ4n) is 3.67. The molecule has 10 heteroatoms. The van der Waals surface area contributed by atoms with Gasteiger partial charge < -0.3 is 19.7 Å². The lowest BCUT2D eigenvalue weighted by Crippen LogP contribution is -2.24. The zero-order valence-corrected chi connectivity index (χ0v) is 19.4. The molecule has 2 amide bonds. The minimum atomic E-state index is -0.924.